The summed E-state index contributed by atoms with van der Waals surface area (Å²) in [6, 6.07) is 6.46. The van der Waals surface area contributed by atoms with Crippen LogP contribution in [0, 0.1) is 5.92 Å². The van der Waals surface area contributed by atoms with E-state index in [-0.39, 0.29) is 11.8 Å². The van der Waals surface area contributed by atoms with Crippen molar-refractivity contribution in [2.45, 2.75) is 18.9 Å². The summed E-state index contributed by atoms with van der Waals surface area (Å²) in [5, 5.41) is 3.33. The molecule has 114 valence electrons. The second kappa shape index (κ2) is 7.43. The Bertz CT molecular complexity index is 514. The van der Waals surface area contributed by atoms with E-state index in [0.29, 0.717) is 31.1 Å². The van der Waals surface area contributed by atoms with Crippen molar-refractivity contribution < 1.29 is 19.1 Å². The van der Waals surface area contributed by atoms with E-state index in [9.17, 15) is 9.59 Å². The van der Waals surface area contributed by atoms with Crippen molar-refractivity contribution in [3.63, 3.8) is 0 Å². The first-order chi connectivity index (χ1) is 10.1. The molecule has 2 atom stereocenters. The number of ether oxygens (including phenoxy) is 2. The van der Waals surface area contributed by atoms with Crippen LogP contribution in [-0.2, 0) is 25.5 Å². The normalized spacial score (nSPS) is 19.0. The molecule has 1 fully saturated rings. The van der Waals surface area contributed by atoms with Gasteiger partial charge in [-0.3, -0.25) is 4.79 Å². The predicted octanol–water partition coefficient (Wildman–Crippen LogP) is 1.58. The molecule has 1 aromatic carbocycles. The minimum Gasteiger partial charge on any atom is -0.467 e. The highest BCUT2D eigenvalue weighted by molar-refractivity contribution is 6.30. The number of nitrogens with one attached hydrogen (secondary N) is 1. The summed E-state index contributed by atoms with van der Waals surface area (Å²) in [7, 11) is 1.30. The highest BCUT2D eigenvalue weighted by atomic mass is 35.5. The summed E-state index contributed by atoms with van der Waals surface area (Å²) in [6.07, 6.45) is 1.02. The molecule has 1 aliphatic heterocycles. The molecule has 0 aliphatic carbocycles. The first-order valence-electron chi connectivity index (χ1n) is 6.80. The molecule has 0 bridgehead atoms. The van der Waals surface area contributed by atoms with Crippen LogP contribution in [0.3, 0.4) is 0 Å². The van der Waals surface area contributed by atoms with Crippen LogP contribution in [0.1, 0.15) is 12.0 Å². The van der Waals surface area contributed by atoms with E-state index in [4.69, 9.17) is 21.1 Å². The van der Waals surface area contributed by atoms with Gasteiger partial charge < -0.3 is 14.8 Å². The van der Waals surface area contributed by atoms with Crippen molar-refractivity contribution in [3.05, 3.63) is 34.9 Å². The van der Waals surface area contributed by atoms with Gasteiger partial charge in [0.25, 0.3) is 0 Å². The number of carbonyl (C=O) groups excluding carboxylic acids is 2. The third-order valence-corrected chi connectivity index (χ3v) is 3.67. The van der Waals surface area contributed by atoms with Crippen molar-refractivity contribution in [2.24, 2.45) is 5.92 Å². The number of esters is 1. The molecule has 0 saturated carbocycles. The van der Waals surface area contributed by atoms with E-state index in [0.717, 1.165) is 5.56 Å². The van der Waals surface area contributed by atoms with Gasteiger partial charge in [-0.2, -0.15) is 0 Å². The molecule has 0 aromatic heterocycles. The maximum Gasteiger partial charge on any atom is 0.328 e. The first kappa shape index (κ1) is 15.8. The molecule has 6 heteroatoms. The summed E-state index contributed by atoms with van der Waals surface area (Å²) < 4.78 is 9.95. The molecule has 1 saturated heterocycles. The molecule has 0 spiro atoms. The number of benzene rings is 1. The molecule has 2 rings (SSSR count). The van der Waals surface area contributed by atoms with Crippen LogP contribution in [-0.4, -0.2) is 38.2 Å². The van der Waals surface area contributed by atoms with Gasteiger partial charge in [-0.05, 0) is 24.1 Å². The summed E-state index contributed by atoms with van der Waals surface area (Å²) in [4.78, 5) is 24.0. The van der Waals surface area contributed by atoms with Crippen LogP contribution in [0.15, 0.2) is 24.3 Å². The van der Waals surface area contributed by atoms with Crippen LogP contribution in [0.4, 0.5) is 0 Å². The van der Waals surface area contributed by atoms with E-state index in [1.54, 1.807) is 18.2 Å². The lowest BCUT2D eigenvalue weighted by Gasteiger charge is -2.18. The van der Waals surface area contributed by atoms with Gasteiger partial charge in [-0.15, -0.1) is 0 Å². The Morgan fingerprint density at radius 2 is 2.33 bits per heavy atom. The van der Waals surface area contributed by atoms with E-state index >= 15 is 0 Å². The third-order valence-electron chi connectivity index (χ3n) is 3.43. The number of halogens is 1. The lowest BCUT2D eigenvalue weighted by molar-refractivity contribution is -0.145. The largest absolute Gasteiger partial charge is 0.467 e. The lowest BCUT2D eigenvalue weighted by Crippen LogP contribution is -2.45. The van der Waals surface area contributed by atoms with Crippen molar-refractivity contribution in [1.82, 2.24) is 5.32 Å². The van der Waals surface area contributed by atoms with E-state index in [1.165, 1.54) is 7.11 Å². The van der Waals surface area contributed by atoms with Crippen LogP contribution in [0.2, 0.25) is 5.02 Å². The molecule has 1 N–H and O–H groups in total. The van der Waals surface area contributed by atoms with Crippen LogP contribution >= 0.6 is 11.6 Å². The summed E-state index contributed by atoms with van der Waals surface area (Å²) in [6.45, 7) is 0.978. The fourth-order valence-electron chi connectivity index (χ4n) is 2.27. The van der Waals surface area contributed by atoms with E-state index < -0.39 is 12.0 Å². The van der Waals surface area contributed by atoms with Crippen molar-refractivity contribution in [1.29, 1.82) is 0 Å². The van der Waals surface area contributed by atoms with E-state index in [1.807, 2.05) is 6.07 Å². The maximum atomic E-state index is 12.1. The molecule has 0 unspecified atom stereocenters. The molecule has 1 aliphatic rings. The minimum absolute atomic E-state index is 0.176. The fraction of sp³-hybridized carbons (Fsp3) is 0.467. The Balaban J connectivity index is 2.03. The lowest BCUT2D eigenvalue weighted by atomic mass is 10.0. The Kier molecular flexibility index (Phi) is 5.59. The zero-order chi connectivity index (χ0) is 15.2. The topological polar surface area (TPSA) is 64.6 Å². The smallest absolute Gasteiger partial charge is 0.328 e. The second-order valence-corrected chi connectivity index (χ2v) is 5.42. The maximum absolute atomic E-state index is 12.1. The monoisotopic (exact) mass is 311 g/mol. The number of amides is 1. The SMILES string of the molecule is COC(=O)[C@@H](Cc1cccc(Cl)c1)NC(=O)[C@H]1CCOC1. The Morgan fingerprint density at radius 3 is 2.95 bits per heavy atom. The number of carbonyl (C=O) groups is 2. The standard InChI is InChI=1S/C15H18ClNO4/c1-20-15(19)13(8-10-3-2-4-12(16)7-10)17-14(18)11-5-6-21-9-11/h2-4,7,11,13H,5-6,8-9H2,1H3,(H,17,18)/t11-,13+/m0/s1. The van der Waals surface area contributed by atoms with Gasteiger partial charge in [0, 0.05) is 18.1 Å². The summed E-state index contributed by atoms with van der Waals surface area (Å²) in [5.41, 5.74) is 0.862. The number of methoxy groups -OCH3 is 1. The average Bonchev–Trinajstić information content (AvgIpc) is 3.00. The van der Waals surface area contributed by atoms with Gasteiger partial charge in [0.05, 0.1) is 19.6 Å². The fourth-order valence-corrected chi connectivity index (χ4v) is 2.48. The molecule has 0 radical (unpaired) electrons. The first-order valence-corrected chi connectivity index (χ1v) is 7.18. The van der Waals surface area contributed by atoms with Crippen molar-refractivity contribution in [3.8, 4) is 0 Å². The zero-order valence-electron chi connectivity index (χ0n) is 11.8. The Labute approximate surface area is 128 Å². The van der Waals surface area contributed by atoms with Crippen molar-refractivity contribution >= 4 is 23.5 Å². The zero-order valence-corrected chi connectivity index (χ0v) is 12.6. The average molecular weight is 312 g/mol. The molecule has 1 heterocycles. The minimum atomic E-state index is -0.721. The molecular weight excluding hydrogens is 294 g/mol. The van der Waals surface area contributed by atoms with Gasteiger partial charge >= 0.3 is 5.97 Å². The van der Waals surface area contributed by atoms with Gasteiger partial charge in [-0.1, -0.05) is 23.7 Å². The summed E-state index contributed by atoms with van der Waals surface area (Å²) >= 11 is 5.93. The highest BCUT2D eigenvalue weighted by Gasteiger charge is 2.28. The van der Waals surface area contributed by atoms with E-state index in [2.05, 4.69) is 5.32 Å². The molecule has 5 nitrogen and oxygen atoms in total. The molecule has 21 heavy (non-hydrogen) atoms. The van der Waals surface area contributed by atoms with Gasteiger partial charge in [0.2, 0.25) is 5.91 Å². The Morgan fingerprint density at radius 1 is 1.52 bits per heavy atom. The number of rotatable bonds is 5. The summed E-state index contributed by atoms with van der Waals surface area (Å²) in [5.74, 6) is -0.844. The number of hydrogen-bond acceptors (Lipinski definition) is 4. The molecule has 1 aromatic rings. The molecular formula is C15H18ClNO4. The highest BCUT2D eigenvalue weighted by Crippen LogP contribution is 2.15. The third kappa shape index (κ3) is 4.44. The van der Waals surface area contributed by atoms with Gasteiger partial charge in [0.1, 0.15) is 6.04 Å². The van der Waals surface area contributed by atoms with Gasteiger partial charge in [0.15, 0.2) is 0 Å². The molecule has 1 amide bonds. The quantitative estimate of drug-likeness (QED) is 0.839. The Hall–Kier alpha value is -1.59. The van der Waals surface area contributed by atoms with Gasteiger partial charge in [-0.25, -0.2) is 4.79 Å². The van der Waals surface area contributed by atoms with Crippen LogP contribution in [0.25, 0.3) is 0 Å². The predicted molar refractivity (Wildman–Crippen MR) is 78.0 cm³/mol. The second-order valence-electron chi connectivity index (χ2n) is 4.98. The van der Waals surface area contributed by atoms with Crippen molar-refractivity contribution in [2.75, 3.05) is 20.3 Å². The number of hydrogen-bond donors (Lipinski definition) is 1. The van der Waals surface area contributed by atoms with Crippen LogP contribution < -0.4 is 5.32 Å². The van der Waals surface area contributed by atoms with Crippen LogP contribution in [0.5, 0.6) is 0 Å².